The van der Waals surface area contributed by atoms with Gasteiger partial charge in [-0.3, -0.25) is 0 Å². The topological polar surface area (TPSA) is 23.5 Å². The molecule has 1 aromatic rings. The van der Waals surface area contributed by atoms with E-state index in [-0.39, 0.29) is 0 Å². The third-order valence-corrected chi connectivity index (χ3v) is 1.96. The van der Waals surface area contributed by atoms with Crippen molar-refractivity contribution in [2.45, 2.75) is 13.3 Å². The minimum atomic E-state index is 0.407. The maximum Gasteiger partial charge on any atom is 0.142 e. The van der Waals surface area contributed by atoms with Crippen molar-refractivity contribution in [3.05, 3.63) is 23.8 Å². The minimum absolute atomic E-state index is 0.407. The number of rotatable bonds is 2. The predicted molar refractivity (Wildman–Crippen MR) is 51.8 cm³/mol. The van der Waals surface area contributed by atoms with Crippen LogP contribution in [0, 0.1) is 0 Å². The van der Waals surface area contributed by atoms with Crippen LogP contribution in [-0.4, -0.2) is 19.2 Å². The lowest BCUT2D eigenvalue weighted by atomic mass is 10.1. The summed E-state index contributed by atoms with van der Waals surface area (Å²) in [6.45, 7) is 2.04. The molecule has 12 heavy (non-hydrogen) atoms. The van der Waals surface area contributed by atoms with Crippen LogP contribution in [0.2, 0.25) is 0 Å². The van der Waals surface area contributed by atoms with Crippen LogP contribution < -0.4 is 4.90 Å². The average molecular weight is 165 g/mol. The monoisotopic (exact) mass is 165 g/mol. The zero-order chi connectivity index (χ0) is 9.14. The van der Waals surface area contributed by atoms with Crippen LogP contribution in [-0.2, 0) is 6.42 Å². The molecule has 0 aliphatic rings. The van der Waals surface area contributed by atoms with E-state index in [1.54, 1.807) is 0 Å². The minimum Gasteiger partial charge on any atom is -0.505 e. The first-order chi connectivity index (χ1) is 5.66. The molecule has 0 spiro atoms. The SMILES string of the molecule is CCc1cccc(N(C)C)c1O. The van der Waals surface area contributed by atoms with Gasteiger partial charge in [0.2, 0.25) is 0 Å². The fraction of sp³-hybridized carbons (Fsp3) is 0.400. The molecule has 0 radical (unpaired) electrons. The van der Waals surface area contributed by atoms with Crippen LogP contribution in [0.4, 0.5) is 5.69 Å². The molecule has 0 amide bonds. The summed E-state index contributed by atoms with van der Waals surface area (Å²) in [5.74, 6) is 0.407. The highest BCUT2D eigenvalue weighted by Gasteiger charge is 2.05. The van der Waals surface area contributed by atoms with Gasteiger partial charge in [0.1, 0.15) is 5.75 Å². The lowest BCUT2D eigenvalue weighted by Gasteiger charge is -2.15. The molecule has 0 aliphatic heterocycles. The van der Waals surface area contributed by atoms with E-state index in [1.807, 2.05) is 44.1 Å². The van der Waals surface area contributed by atoms with Gasteiger partial charge in [0.15, 0.2) is 0 Å². The first-order valence-corrected chi connectivity index (χ1v) is 4.15. The predicted octanol–water partition coefficient (Wildman–Crippen LogP) is 2.02. The van der Waals surface area contributed by atoms with Crippen LogP contribution in [0.5, 0.6) is 5.75 Å². The summed E-state index contributed by atoms with van der Waals surface area (Å²) in [5.41, 5.74) is 1.88. The summed E-state index contributed by atoms with van der Waals surface area (Å²) in [7, 11) is 3.85. The number of nitrogens with zero attached hydrogens (tertiary/aromatic N) is 1. The molecular formula is C10H15NO. The van der Waals surface area contributed by atoms with E-state index < -0.39 is 0 Å². The molecule has 1 aromatic carbocycles. The van der Waals surface area contributed by atoms with E-state index in [0.717, 1.165) is 17.7 Å². The molecule has 0 aliphatic carbocycles. The van der Waals surface area contributed by atoms with Crippen molar-refractivity contribution in [3.8, 4) is 5.75 Å². The van der Waals surface area contributed by atoms with Crippen LogP contribution in [0.1, 0.15) is 12.5 Å². The number of hydrogen-bond donors (Lipinski definition) is 1. The van der Waals surface area contributed by atoms with Gasteiger partial charge < -0.3 is 10.0 Å². The molecule has 1 N–H and O–H groups in total. The van der Waals surface area contributed by atoms with Crippen LogP contribution in [0.3, 0.4) is 0 Å². The van der Waals surface area contributed by atoms with Crippen molar-refractivity contribution in [2.24, 2.45) is 0 Å². The molecule has 0 saturated carbocycles. The Morgan fingerprint density at radius 1 is 1.33 bits per heavy atom. The number of phenols is 1. The Labute approximate surface area is 73.4 Å². The van der Waals surface area contributed by atoms with Crippen molar-refractivity contribution >= 4 is 5.69 Å². The second-order valence-corrected chi connectivity index (χ2v) is 3.03. The third kappa shape index (κ3) is 1.52. The third-order valence-electron chi connectivity index (χ3n) is 1.96. The lowest BCUT2D eigenvalue weighted by Crippen LogP contribution is -2.09. The first-order valence-electron chi connectivity index (χ1n) is 4.15. The molecule has 0 unspecified atom stereocenters. The molecule has 1 rings (SSSR count). The molecule has 0 aromatic heterocycles. The Bertz CT molecular complexity index is 269. The van der Waals surface area contributed by atoms with Crippen molar-refractivity contribution < 1.29 is 5.11 Å². The molecule has 66 valence electrons. The summed E-state index contributed by atoms with van der Waals surface area (Å²) in [5, 5.41) is 9.72. The Morgan fingerprint density at radius 3 is 2.50 bits per heavy atom. The second kappa shape index (κ2) is 3.48. The number of hydrogen-bond acceptors (Lipinski definition) is 2. The summed E-state index contributed by atoms with van der Waals surface area (Å²) in [6, 6.07) is 5.82. The first kappa shape index (κ1) is 8.91. The molecule has 0 saturated heterocycles. The van der Waals surface area contributed by atoms with Crippen molar-refractivity contribution in [1.82, 2.24) is 0 Å². The fourth-order valence-electron chi connectivity index (χ4n) is 1.22. The summed E-state index contributed by atoms with van der Waals surface area (Å²) < 4.78 is 0. The fourth-order valence-corrected chi connectivity index (χ4v) is 1.22. The Morgan fingerprint density at radius 2 is 2.00 bits per heavy atom. The van der Waals surface area contributed by atoms with E-state index in [0.29, 0.717) is 5.75 Å². The highest BCUT2D eigenvalue weighted by Crippen LogP contribution is 2.29. The zero-order valence-corrected chi connectivity index (χ0v) is 7.83. The van der Waals surface area contributed by atoms with Gasteiger partial charge in [0.05, 0.1) is 5.69 Å². The Balaban J connectivity index is 3.14. The van der Waals surface area contributed by atoms with E-state index >= 15 is 0 Å². The van der Waals surface area contributed by atoms with Crippen molar-refractivity contribution in [1.29, 1.82) is 0 Å². The Kier molecular flexibility index (Phi) is 2.58. The van der Waals surface area contributed by atoms with E-state index in [9.17, 15) is 5.11 Å². The zero-order valence-electron chi connectivity index (χ0n) is 7.83. The van der Waals surface area contributed by atoms with Gasteiger partial charge >= 0.3 is 0 Å². The molecule has 0 bridgehead atoms. The van der Waals surface area contributed by atoms with Gasteiger partial charge in [0, 0.05) is 14.1 Å². The number of aryl methyl sites for hydroxylation is 1. The standard InChI is InChI=1S/C10H15NO/c1-4-8-6-5-7-9(10(8)12)11(2)3/h5-7,12H,4H2,1-3H3. The van der Waals surface area contributed by atoms with E-state index in [1.165, 1.54) is 0 Å². The normalized spacial score (nSPS) is 9.92. The maximum absolute atomic E-state index is 9.72. The quantitative estimate of drug-likeness (QED) is 0.724. The summed E-state index contributed by atoms with van der Waals surface area (Å²) in [6.07, 6.45) is 0.869. The molecular weight excluding hydrogens is 150 g/mol. The molecule has 2 heteroatoms. The van der Waals surface area contributed by atoms with Gasteiger partial charge in [-0.15, -0.1) is 0 Å². The van der Waals surface area contributed by atoms with Gasteiger partial charge in [-0.2, -0.15) is 0 Å². The Hall–Kier alpha value is -1.18. The second-order valence-electron chi connectivity index (χ2n) is 3.03. The van der Waals surface area contributed by atoms with Gasteiger partial charge in [-0.1, -0.05) is 19.1 Å². The maximum atomic E-state index is 9.72. The molecule has 0 heterocycles. The summed E-state index contributed by atoms with van der Waals surface area (Å²) >= 11 is 0. The van der Waals surface area contributed by atoms with E-state index in [2.05, 4.69) is 0 Å². The highest BCUT2D eigenvalue weighted by atomic mass is 16.3. The molecule has 0 fully saturated rings. The number of para-hydroxylation sites is 1. The van der Waals surface area contributed by atoms with Crippen LogP contribution >= 0.6 is 0 Å². The molecule has 0 atom stereocenters. The summed E-state index contributed by atoms with van der Waals surface area (Å²) in [4.78, 5) is 1.91. The average Bonchev–Trinajstić information content (AvgIpc) is 2.04. The number of benzene rings is 1. The number of phenolic OH excluding ortho intramolecular Hbond substituents is 1. The van der Waals surface area contributed by atoms with Gasteiger partial charge in [-0.05, 0) is 18.1 Å². The van der Waals surface area contributed by atoms with Crippen molar-refractivity contribution in [3.63, 3.8) is 0 Å². The largest absolute Gasteiger partial charge is 0.505 e. The van der Waals surface area contributed by atoms with Crippen LogP contribution in [0.25, 0.3) is 0 Å². The van der Waals surface area contributed by atoms with Gasteiger partial charge in [-0.25, -0.2) is 0 Å². The lowest BCUT2D eigenvalue weighted by molar-refractivity contribution is 0.469. The van der Waals surface area contributed by atoms with Crippen molar-refractivity contribution in [2.75, 3.05) is 19.0 Å². The van der Waals surface area contributed by atoms with Crippen LogP contribution in [0.15, 0.2) is 18.2 Å². The van der Waals surface area contributed by atoms with Gasteiger partial charge in [0.25, 0.3) is 0 Å². The number of aromatic hydroxyl groups is 1. The highest BCUT2D eigenvalue weighted by molar-refractivity contribution is 5.60. The smallest absolute Gasteiger partial charge is 0.142 e. The molecule has 2 nitrogen and oxygen atoms in total. The number of anilines is 1. The van der Waals surface area contributed by atoms with E-state index in [4.69, 9.17) is 0 Å².